The van der Waals surface area contributed by atoms with Gasteiger partial charge in [-0.2, -0.15) is 0 Å². The molecule has 10 heteroatoms. The molecule has 0 aromatic heterocycles. The monoisotopic (exact) mass is 432 g/mol. The summed E-state index contributed by atoms with van der Waals surface area (Å²) in [4.78, 5) is 13.1. The fraction of sp³-hybridized carbons (Fsp3) is 0.278. The van der Waals surface area contributed by atoms with Crippen LogP contribution in [-0.2, 0) is 14.8 Å². The first kappa shape index (κ1) is 22.1. The predicted molar refractivity (Wildman–Crippen MR) is 101 cm³/mol. The fourth-order valence-electron chi connectivity index (χ4n) is 2.17. The van der Waals surface area contributed by atoms with E-state index in [9.17, 15) is 22.0 Å². The van der Waals surface area contributed by atoms with Crippen LogP contribution >= 0.6 is 11.6 Å². The van der Waals surface area contributed by atoms with Crippen molar-refractivity contribution in [2.24, 2.45) is 0 Å². The molecule has 152 valence electrons. The normalized spacial score (nSPS) is 11.3. The molecule has 0 heterocycles. The summed E-state index contributed by atoms with van der Waals surface area (Å²) >= 11 is 5.78. The average Bonchev–Trinajstić information content (AvgIpc) is 2.65. The van der Waals surface area contributed by atoms with E-state index in [2.05, 4.69) is 4.72 Å². The number of hydrogen-bond donors (Lipinski definition) is 1. The van der Waals surface area contributed by atoms with Gasteiger partial charge in [0.05, 0.1) is 11.4 Å². The third-order valence-electron chi connectivity index (χ3n) is 3.77. The highest BCUT2D eigenvalue weighted by Gasteiger charge is 2.17. The number of nitrogens with zero attached hydrogens (tertiary/aromatic N) is 1. The van der Waals surface area contributed by atoms with Gasteiger partial charge in [0.2, 0.25) is 15.9 Å². The van der Waals surface area contributed by atoms with Crippen molar-refractivity contribution in [1.29, 1.82) is 0 Å². The highest BCUT2D eigenvalue weighted by atomic mass is 35.5. The Hall–Kier alpha value is -2.23. The van der Waals surface area contributed by atoms with Crippen LogP contribution in [0.1, 0.15) is 6.42 Å². The number of ether oxygens (including phenoxy) is 1. The Kier molecular flexibility index (Phi) is 7.73. The van der Waals surface area contributed by atoms with E-state index in [-0.39, 0.29) is 25.5 Å². The van der Waals surface area contributed by atoms with Gasteiger partial charge < -0.3 is 9.64 Å². The number of carbonyl (C=O) groups excluding carboxylic acids is 1. The average molecular weight is 433 g/mol. The minimum atomic E-state index is -4.04. The lowest BCUT2D eigenvalue weighted by atomic mass is 10.3. The number of nitrogens with one attached hydrogen (secondary N) is 1. The molecular formula is C18H19ClF2N2O4S. The first-order valence-electron chi connectivity index (χ1n) is 8.26. The lowest BCUT2D eigenvalue weighted by Crippen LogP contribution is -2.34. The van der Waals surface area contributed by atoms with Gasteiger partial charge in [0.1, 0.15) is 12.4 Å². The van der Waals surface area contributed by atoms with Crippen LogP contribution in [-0.4, -0.2) is 46.0 Å². The molecule has 0 saturated heterocycles. The minimum absolute atomic E-state index is 0.0969. The molecule has 1 N–H and O–H groups in total. The third kappa shape index (κ3) is 6.43. The van der Waals surface area contributed by atoms with Crippen LogP contribution in [0.2, 0.25) is 5.02 Å². The van der Waals surface area contributed by atoms with Crippen LogP contribution in [0.4, 0.5) is 8.78 Å². The zero-order chi connectivity index (χ0) is 20.7. The van der Waals surface area contributed by atoms with Crippen LogP contribution in [0.3, 0.4) is 0 Å². The molecular weight excluding hydrogens is 414 g/mol. The van der Waals surface area contributed by atoms with Crippen molar-refractivity contribution < 1.29 is 26.7 Å². The van der Waals surface area contributed by atoms with Crippen LogP contribution in [0.5, 0.6) is 5.75 Å². The van der Waals surface area contributed by atoms with Gasteiger partial charge in [0.15, 0.2) is 11.6 Å². The summed E-state index contributed by atoms with van der Waals surface area (Å²) in [7, 11) is -2.47. The van der Waals surface area contributed by atoms with E-state index in [1.807, 2.05) is 0 Å². The molecule has 0 aliphatic heterocycles. The Morgan fingerprint density at radius 1 is 1.14 bits per heavy atom. The first-order valence-corrected chi connectivity index (χ1v) is 10.1. The smallest absolute Gasteiger partial charge is 0.240 e. The van der Waals surface area contributed by atoms with Crippen LogP contribution in [0, 0.1) is 11.6 Å². The molecule has 0 atom stereocenters. The molecule has 0 aliphatic carbocycles. The molecule has 0 fully saturated rings. The van der Waals surface area contributed by atoms with E-state index >= 15 is 0 Å². The maximum Gasteiger partial charge on any atom is 0.240 e. The Morgan fingerprint density at radius 3 is 2.46 bits per heavy atom. The summed E-state index contributed by atoms with van der Waals surface area (Å²) in [6.07, 6.45) is -0.0969. The van der Waals surface area contributed by atoms with Gasteiger partial charge in [0, 0.05) is 25.0 Å². The SMILES string of the molecule is CN(CCOc1ccc(Cl)cc1)C(=O)CCNS(=O)(=O)c1ccc(F)c(F)c1. The summed E-state index contributed by atoms with van der Waals surface area (Å²) in [5, 5.41) is 0.588. The van der Waals surface area contributed by atoms with E-state index in [1.165, 1.54) is 4.90 Å². The Labute approximate surface area is 167 Å². The topological polar surface area (TPSA) is 75.7 Å². The first-order chi connectivity index (χ1) is 13.2. The molecule has 0 aliphatic rings. The molecule has 6 nitrogen and oxygen atoms in total. The van der Waals surface area contributed by atoms with Gasteiger partial charge in [0.25, 0.3) is 0 Å². The number of amides is 1. The second kappa shape index (κ2) is 9.81. The summed E-state index contributed by atoms with van der Waals surface area (Å²) < 4.78 is 57.9. The van der Waals surface area contributed by atoms with Crippen LogP contribution < -0.4 is 9.46 Å². The minimum Gasteiger partial charge on any atom is -0.492 e. The summed E-state index contributed by atoms with van der Waals surface area (Å²) in [5.74, 6) is -2.09. The zero-order valence-electron chi connectivity index (χ0n) is 15.0. The summed E-state index contributed by atoms with van der Waals surface area (Å²) in [6, 6.07) is 9.04. The van der Waals surface area contributed by atoms with Gasteiger partial charge in [-0.25, -0.2) is 21.9 Å². The van der Waals surface area contributed by atoms with Crippen molar-refractivity contribution in [1.82, 2.24) is 9.62 Å². The highest BCUT2D eigenvalue weighted by Crippen LogP contribution is 2.15. The maximum absolute atomic E-state index is 13.2. The molecule has 2 rings (SSSR count). The molecule has 2 aromatic rings. The van der Waals surface area contributed by atoms with Crippen LogP contribution in [0.25, 0.3) is 0 Å². The summed E-state index contributed by atoms with van der Waals surface area (Å²) in [5.41, 5.74) is 0. The molecule has 0 spiro atoms. The quantitative estimate of drug-likeness (QED) is 0.661. The predicted octanol–water partition coefficient (Wildman–Crippen LogP) is 2.82. The van der Waals surface area contributed by atoms with Gasteiger partial charge in [-0.3, -0.25) is 4.79 Å². The van der Waals surface area contributed by atoms with E-state index in [1.54, 1.807) is 31.3 Å². The Balaban J connectivity index is 1.76. The Morgan fingerprint density at radius 2 is 1.82 bits per heavy atom. The van der Waals surface area contributed by atoms with Crippen molar-refractivity contribution >= 4 is 27.5 Å². The van der Waals surface area contributed by atoms with Crippen molar-refractivity contribution in [3.05, 3.63) is 59.1 Å². The number of sulfonamides is 1. The second-order valence-corrected chi connectivity index (χ2v) is 8.04. The highest BCUT2D eigenvalue weighted by molar-refractivity contribution is 7.89. The number of likely N-dealkylation sites (N-methyl/N-ethyl adjacent to an activating group) is 1. The Bertz CT molecular complexity index is 924. The van der Waals surface area contributed by atoms with E-state index in [0.29, 0.717) is 23.4 Å². The molecule has 0 unspecified atom stereocenters. The summed E-state index contributed by atoms with van der Waals surface area (Å²) in [6.45, 7) is 0.379. The maximum atomic E-state index is 13.2. The number of rotatable bonds is 9. The largest absolute Gasteiger partial charge is 0.492 e. The molecule has 2 aromatic carbocycles. The lowest BCUT2D eigenvalue weighted by molar-refractivity contribution is -0.130. The van der Waals surface area contributed by atoms with Crippen molar-refractivity contribution in [3.8, 4) is 5.75 Å². The molecule has 1 amide bonds. The fourth-order valence-corrected chi connectivity index (χ4v) is 3.34. The van der Waals surface area contributed by atoms with E-state index < -0.39 is 26.6 Å². The van der Waals surface area contributed by atoms with E-state index in [4.69, 9.17) is 16.3 Å². The van der Waals surface area contributed by atoms with Gasteiger partial charge in [-0.15, -0.1) is 0 Å². The number of carbonyl (C=O) groups is 1. The standard InChI is InChI=1S/C18H19ClF2N2O4S/c1-23(10-11-27-14-4-2-13(19)3-5-14)18(24)8-9-22-28(25,26)15-6-7-16(20)17(21)12-15/h2-7,12,22H,8-11H2,1H3. The van der Waals surface area contributed by atoms with Crippen molar-refractivity contribution in [2.75, 3.05) is 26.7 Å². The molecule has 0 saturated carbocycles. The van der Waals surface area contributed by atoms with Gasteiger partial charge in [-0.05, 0) is 42.5 Å². The zero-order valence-corrected chi connectivity index (χ0v) is 16.6. The van der Waals surface area contributed by atoms with Gasteiger partial charge in [-0.1, -0.05) is 11.6 Å². The van der Waals surface area contributed by atoms with Crippen molar-refractivity contribution in [2.45, 2.75) is 11.3 Å². The molecule has 28 heavy (non-hydrogen) atoms. The van der Waals surface area contributed by atoms with Crippen molar-refractivity contribution in [3.63, 3.8) is 0 Å². The molecule has 0 radical (unpaired) electrons. The van der Waals surface area contributed by atoms with E-state index in [0.717, 1.165) is 12.1 Å². The lowest BCUT2D eigenvalue weighted by Gasteiger charge is -2.17. The second-order valence-electron chi connectivity index (χ2n) is 5.84. The number of halogens is 3. The van der Waals surface area contributed by atoms with Crippen LogP contribution in [0.15, 0.2) is 47.4 Å². The molecule has 0 bridgehead atoms. The number of hydrogen-bond acceptors (Lipinski definition) is 4. The third-order valence-corrected chi connectivity index (χ3v) is 5.48. The van der Waals surface area contributed by atoms with Gasteiger partial charge >= 0.3 is 0 Å². The number of benzene rings is 2.